The van der Waals surface area contributed by atoms with Crippen molar-refractivity contribution in [3.05, 3.63) is 58.9 Å². The van der Waals surface area contributed by atoms with E-state index >= 15 is 0 Å². The molecule has 31 heavy (non-hydrogen) atoms. The van der Waals surface area contributed by atoms with Crippen molar-refractivity contribution in [2.75, 3.05) is 10.2 Å². The zero-order chi connectivity index (χ0) is 23.0. The van der Waals surface area contributed by atoms with Gasteiger partial charge in [-0.2, -0.15) is 13.2 Å². The van der Waals surface area contributed by atoms with E-state index in [1.807, 2.05) is 20.8 Å². The first-order valence-electron chi connectivity index (χ1n) is 9.72. The standard InChI is InChI=1S/C22H23F4N3O2/c1-21(2,3)28-20(31)27-15-8-9-17-13(11-15)7-10-18(30)29(17)12-14-5-4-6-16(19(14)23)22(24,25)26/h4-6,8-9,11H,7,10,12H2,1-3H3,(H2,27,28,31). The van der Waals surface area contributed by atoms with E-state index in [1.165, 1.54) is 11.0 Å². The van der Waals surface area contributed by atoms with Gasteiger partial charge in [-0.25, -0.2) is 9.18 Å². The zero-order valence-corrected chi connectivity index (χ0v) is 17.4. The van der Waals surface area contributed by atoms with Gasteiger partial charge in [0.05, 0.1) is 12.1 Å². The summed E-state index contributed by atoms with van der Waals surface area (Å²) >= 11 is 0. The van der Waals surface area contributed by atoms with Gasteiger partial charge in [-0.3, -0.25) is 4.79 Å². The summed E-state index contributed by atoms with van der Waals surface area (Å²) in [6.07, 6.45) is -4.28. The minimum atomic E-state index is -4.82. The average Bonchev–Trinajstić information content (AvgIpc) is 2.63. The number of rotatable bonds is 3. The number of carbonyl (C=O) groups excluding carboxylic acids is 2. The van der Waals surface area contributed by atoms with Crippen LogP contribution in [0.4, 0.5) is 33.7 Å². The van der Waals surface area contributed by atoms with Gasteiger partial charge in [0.2, 0.25) is 5.91 Å². The van der Waals surface area contributed by atoms with Crippen LogP contribution in [0.2, 0.25) is 0 Å². The smallest absolute Gasteiger partial charge is 0.333 e. The number of amides is 3. The third-order valence-corrected chi connectivity index (χ3v) is 4.74. The SMILES string of the molecule is CC(C)(C)NC(=O)Nc1ccc2c(c1)CCC(=O)N2Cc1cccc(C(F)(F)F)c1F. The van der Waals surface area contributed by atoms with Crippen LogP contribution in [0.1, 0.15) is 43.9 Å². The van der Waals surface area contributed by atoms with E-state index in [0.29, 0.717) is 23.9 Å². The summed E-state index contributed by atoms with van der Waals surface area (Å²) in [5.41, 5.74) is -0.270. The predicted octanol–water partition coefficient (Wildman–Crippen LogP) is 5.24. The molecule has 0 aromatic heterocycles. The minimum absolute atomic E-state index is 0.130. The summed E-state index contributed by atoms with van der Waals surface area (Å²) in [5, 5.41) is 5.49. The fraction of sp³-hybridized carbons (Fsp3) is 0.364. The number of anilines is 2. The van der Waals surface area contributed by atoms with E-state index < -0.39 is 23.1 Å². The number of alkyl halides is 3. The molecule has 166 valence electrons. The van der Waals surface area contributed by atoms with E-state index in [1.54, 1.807) is 18.2 Å². The van der Waals surface area contributed by atoms with Gasteiger partial charge in [-0.05, 0) is 57.0 Å². The van der Waals surface area contributed by atoms with Crippen molar-refractivity contribution >= 4 is 23.3 Å². The number of aryl methyl sites for hydroxylation is 1. The lowest BCUT2D eigenvalue weighted by Crippen LogP contribution is -2.43. The van der Waals surface area contributed by atoms with Crippen LogP contribution >= 0.6 is 0 Å². The lowest BCUT2D eigenvalue weighted by molar-refractivity contribution is -0.140. The Labute approximate surface area is 177 Å². The van der Waals surface area contributed by atoms with Gasteiger partial charge in [0.15, 0.2) is 0 Å². The molecule has 0 saturated carbocycles. The van der Waals surface area contributed by atoms with Crippen LogP contribution in [0.15, 0.2) is 36.4 Å². The van der Waals surface area contributed by atoms with Crippen LogP contribution < -0.4 is 15.5 Å². The second kappa shape index (κ2) is 8.20. The molecule has 2 aromatic rings. The van der Waals surface area contributed by atoms with E-state index in [0.717, 1.165) is 11.6 Å². The molecule has 0 radical (unpaired) electrons. The Bertz CT molecular complexity index is 1010. The molecule has 0 bridgehead atoms. The number of carbonyl (C=O) groups is 2. The number of hydrogen-bond acceptors (Lipinski definition) is 2. The highest BCUT2D eigenvalue weighted by Crippen LogP contribution is 2.35. The van der Waals surface area contributed by atoms with Crippen molar-refractivity contribution in [1.29, 1.82) is 0 Å². The Hall–Kier alpha value is -3.10. The monoisotopic (exact) mass is 437 g/mol. The van der Waals surface area contributed by atoms with Crippen molar-refractivity contribution in [3.8, 4) is 0 Å². The molecule has 0 saturated heterocycles. The Kier molecular flexibility index (Phi) is 5.98. The highest BCUT2D eigenvalue weighted by Gasteiger charge is 2.35. The number of nitrogens with one attached hydrogen (secondary N) is 2. The van der Waals surface area contributed by atoms with Crippen LogP contribution in [0, 0.1) is 5.82 Å². The molecule has 9 heteroatoms. The number of urea groups is 1. The van der Waals surface area contributed by atoms with Gasteiger partial charge in [-0.1, -0.05) is 12.1 Å². The predicted molar refractivity (Wildman–Crippen MR) is 109 cm³/mol. The molecule has 0 aliphatic carbocycles. The van der Waals surface area contributed by atoms with Crippen molar-refractivity contribution in [3.63, 3.8) is 0 Å². The molecule has 1 aliphatic heterocycles. The van der Waals surface area contributed by atoms with Gasteiger partial charge in [0.25, 0.3) is 0 Å². The number of benzene rings is 2. The van der Waals surface area contributed by atoms with Crippen molar-refractivity contribution in [1.82, 2.24) is 5.32 Å². The summed E-state index contributed by atoms with van der Waals surface area (Å²) in [5.74, 6) is -1.69. The van der Waals surface area contributed by atoms with Gasteiger partial charge in [-0.15, -0.1) is 0 Å². The largest absolute Gasteiger partial charge is 0.419 e. The third kappa shape index (κ3) is 5.34. The van der Waals surface area contributed by atoms with Crippen LogP contribution in [-0.2, 0) is 23.9 Å². The Morgan fingerprint density at radius 1 is 1.10 bits per heavy atom. The van der Waals surface area contributed by atoms with Crippen LogP contribution in [-0.4, -0.2) is 17.5 Å². The number of fused-ring (bicyclic) bond motifs is 1. The Morgan fingerprint density at radius 3 is 2.45 bits per heavy atom. The second-order valence-electron chi connectivity index (χ2n) is 8.43. The number of nitrogens with zero attached hydrogens (tertiary/aromatic N) is 1. The summed E-state index contributed by atoms with van der Waals surface area (Å²) in [6, 6.07) is 7.54. The topological polar surface area (TPSA) is 61.4 Å². The molecule has 5 nitrogen and oxygen atoms in total. The lowest BCUT2D eigenvalue weighted by atomic mass is 9.99. The second-order valence-corrected chi connectivity index (χ2v) is 8.43. The fourth-order valence-electron chi connectivity index (χ4n) is 3.41. The zero-order valence-electron chi connectivity index (χ0n) is 17.4. The van der Waals surface area contributed by atoms with Crippen molar-refractivity contribution in [2.45, 2.75) is 51.9 Å². The molecular formula is C22H23F4N3O2. The van der Waals surface area contributed by atoms with Crippen molar-refractivity contribution in [2.24, 2.45) is 0 Å². The highest BCUT2D eigenvalue weighted by molar-refractivity contribution is 5.97. The maximum atomic E-state index is 14.5. The van der Waals surface area contributed by atoms with E-state index in [-0.39, 0.29) is 30.5 Å². The Balaban J connectivity index is 1.86. The van der Waals surface area contributed by atoms with Crippen LogP contribution in [0.5, 0.6) is 0 Å². The van der Waals surface area contributed by atoms with Gasteiger partial charge < -0.3 is 15.5 Å². The molecule has 2 N–H and O–H groups in total. The average molecular weight is 437 g/mol. The summed E-state index contributed by atoms with van der Waals surface area (Å²) in [4.78, 5) is 25.8. The molecule has 0 atom stereocenters. The molecule has 0 spiro atoms. The third-order valence-electron chi connectivity index (χ3n) is 4.74. The molecule has 3 rings (SSSR count). The normalized spacial score (nSPS) is 14.3. The molecular weight excluding hydrogens is 414 g/mol. The van der Waals surface area contributed by atoms with Crippen LogP contribution in [0.3, 0.4) is 0 Å². The number of halogens is 4. The molecule has 3 amide bonds. The van der Waals surface area contributed by atoms with Gasteiger partial charge >= 0.3 is 12.2 Å². The highest BCUT2D eigenvalue weighted by atomic mass is 19.4. The molecule has 0 unspecified atom stereocenters. The quantitative estimate of drug-likeness (QED) is 0.645. The van der Waals surface area contributed by atoms with Gasteiger partial charge in [0, 0.05) is 28.9 Å². The first-order chi connectivity index (χ1) is 14.3. The molecule has 1 heterocycles. The first kappa shape index (κ1) is 22.6. The van der Waals surface area contributed by atoms with E-state index in [2.05, 4.69) is 10.6 Å². The molecule has 2 aromatic carbocycles. The minimum Gasteiger partial charge on any atom is -0.333 e. The number of hydrogen-bond donors (Lipinski definition) is 2. The van der Waals surface area contributed by atoms with Gasteiger partial charge in [0.1, 0.15) is 5.82 Å². The lowest BCUT2D eigenvalue weighted by Gasteiger charge is -2.30. The maximum Gasteiger partial charge on any atom is 0.419 e. The Morgan fingerprint density at radius 2 is 1.81 bits per heavy atom. The maximum absolute atomic E-state index is 14.5. The van der Waals surface area contributed by atoms with E-state index in [4.69, 9.17) is 0 Å². The van der Waals surface area contributed by atoms with E-state index in [9.17, 15) is 27.2 Å². The summed E-state index contributed by atoms with van der Waals surface area (Å²) in [6.45, 7) is 5.21. The van der Waals surface area contributed by atoms with Crippen molar-refractivity contribution < 1.29 is 27.2 Å². The molecule has 0 fully saturated rings. The molecule has 1 aliphatic rings. The van der Waals surface area contributed by atoms with Crippen LogP contribution in [0.25, 0.3) is 0 Å². The fourth-order valence-corrected chi connectivity index (χ4v) is 3.41. The summed E-state index contributed by atoms with van der Waals surface area (Å²) in [7, 11) is 0. The first-order valence-corrected chi connectivity index (χ1v) is 9.72. The summed E-state index contributed by atoms with van der Waals surface area (Å²) < 4.78 is 53.5.